The highest BCUT2D eigenvalue weighted by Crippen LogP contribution is 2.38. The highest BCUT2D eigenvalue weighted by atomic mass is 28.3. The lowest BCUT2D eigenvalue weighted by molar-refractivity contribution is 0.161. The zero-order chi connectivity index (χ0) is 19.0. The summed E-state index contributed by atoms with van der Waals surface area (Å²) in [6.45, 7) is 27.0. The van der Waals surface area contributed by atoms with Crippen molar-refractivity contribution >= 4 is 9.28 Å². The standard InChI is InChI=1S/C20H43N3Si/c1-12-21-24-22(19(8,9)15-17(2,3)4)13-14-23(24)20(10,11)16-18(5,6)7/h13-14,21,24H,12,15-16H2,1-11H3. The molecule has 0 saturated heterocycles. The molecule has 0 bridgehead atoms. The van der Waals surface area contributed by atoms with E-state index in [1.807, 2.05) is 0 Å². The number of hydrogen-bond donors (Lipinski definition) is 1. The fourth-order valence-electron chi connectivity index (χ4n) is 4.66. The molecule has 1 rings (SSSR count). The Balaban J connectivity index is 3.06. The topological polar surface area (TPSA) is 18.5 Å². The lowest BCUT2D eigenvalue weighted by Crippen LogP contribution is -2.65. The Kier molecular flexibility index (Phi) is 6.31. The number of hydrogen-bond acceptors (Lipinski definition) is 3. The maximum absolute atomic E-state index is 3.86. The first kappa shape index (κ1) is 21.6. The summed E-state index contributed by atoms with van der Waals surface area (Å²) in [4.78, 5) is 3.86. The van der Waals surface area contributed by atoms with E-state index < -0.39 is 9.28 Å². The van der Waals surface area contributed by atoms with Gasteiger partial charge in [0, 0.05) is 23.5 Å². The zero-order valence-electron chi connectivity index (χ0n) is 18.2. The molecule has 4 heteroatoms. The van der Waals surface area contributed by atoms with E-state index in [-0.39, 0.29) is 11.1 Å². The average molecular weight is 354 g/mol. The molecule has 0 aromatic heterocycles. The summed E-state index contributed by atoms with van der Waals surface area (Å²) in [6, 6.07) is 0. The molecular formula is C20H43N3Si. The molecule has 0 fully saturated rings. The van der Waals surface area contributed by atoms with E-state index >= 15 is 0 Å². The Bertz CT molecular complexity index is 403. The van der Waals surface area contributed by atoms with Crippen LogP contribution in [0.25, 0.3) is 0 Å². The summed E-state index contributed by atoms with van der Waals surface area (Å²) in [6.07, 6.45) is 7.09. The zero-order valence-corrected chi connectivity index (χ0v) is 19.4. The molecule has 0 saturated carbocycles. The molecule has 0 unspecified atom stereocenters. The molecule has 0 aromatic rings. The van der Waals surface area contributed by atoms with Crippen molar-refractivity contribution in [3.05, 3.63) is 12.4 Å². The first-order valence-corrected chi connectivity index (χ1v) is 11.2. The quantitative estimate of drug-likeness (QED) is 0.690. The van der Waals surface area contributed by atoms with Gasteiger partial charge in [-0.05, 0) is 57.9 Å². The van der Waals surface area contributed by atoms with Crippen molar-refractivity contribution in [2.75, 3.05) is 6.54 Å². The lowest BCUT2D eigenvalue weighted by Gasteiger charge is -2.49. The second-order valence-corrected chi connectivity index (χ2v) is 13.4. The van der Waals surface area contributed by atoms with Gasteiger partial charge in [-0.25, -0.2) is 0 Å². The lowest BCUT2D eigenvalue weighted by atomic mass is 9.81. The average Bonchev–Trinajstić information content (AvgIpc) is 2.67. The SMILES string of the molecule is CCN[SiH]1N(C(C)(C)CC(C)(C)C)C=CN1C(C)(C)CC(C)(C)C. The van der Waals surface area contributed by atoms with E-state index in [4.69, 9.17) is 0 Å². The van der Waals surface area contributed by atoms with Crippen LogP contribution >= 0.6 is 0 Å². The van der Waals surface area contributed by atoms with Crippen LogP contribution in [-0.4, -0.2) is 36.0 Å². The van der Waals surface area contributed by atoms with Gasteiger partial charge in [-0.2, -0.15) is 0 Å². The van der Waals surface area contributed by atoms with E-state index in [0.717, 1.165) is 6.54 Å². The van der Waals surface area contributed by atoms with Gasteiger partial charge in [0.05, 0.1) is 0 Å². The third-order valence-corrected chi connectivity index (χ3v) is 8.19. The van der Waals surface area contributed by atoms with E-state index in [9.17, 15) is 0 Å². The van der Waals surface area contributed by atoms with Crippen LogP contribution < -0.4 is 4.98 Å². The van der Waals surface area contributed by atoms with Gasteiger partial charge in [0.2, 0.25) is 0 Å². The number of nitrogens with zero attached hydrogens (tertiary/aromatic N) is 2. The van der Waals surface area contributed by atoms with Crippen molar-refractivity contribution in [1.82, 2.24) is 14.1 Å². The predicted molar refractivity (Wildman–Crippen MR) is 110 cm³/mol. The molecule has 0 atom stereocenters. The van der Waals surface area contributed by atoms with Gasteiger partial charge in [0.15, 0.2) is 0 Å². The van der Waals surface area contributed by atoms with Crippen molar-refractivity contribution in [3.8, 4) is 0 Å². The normalized spacial score (nSPS) is 18.0. The summed E-state index contributed by atoms with van der Waals surface area (Å²) in [5.74, 6) is 0. The van der Waals surface area contributed by atoms with Crippen LogP contribution in [0.5, 0.6) is 0 Å². The summed E-state index contributed by atoms with van der Waals surface area (Å²) < 4.78 is 5.32. The Labute approximate surface area is 153 Å². The van der Waals surface area contributed by atoms with Crippen molar-refractivity contribution in [1.29, 1.82) is 0 Å². The Morgan fingerprint density at radius 3 is 1.29 bits per heavy atom. The summed E-state index contributed by atoms with van der Waals surface area (Å²) >= 11 is 0. The Hall–Kier alpha value is -0.483. The van der Waals surface area contributed by atoms with Gasteiger partial charge in [0.25, 0.3) is 0 Å². The molecule has 1 N–H and O–H groups in total. The fourth-order valence-corrected chi connectivity index (χ4v) is 7.68. The van der Waals surface area contributed by atoms with E-state index in [2.05, 4.69) is 103 Å². The van der Waals surface area contributed by atoms with E-state index in [1.165, 1.54) is 12.8 Å². The Morgan fingerprint density at radius 2 is 1.04 bits per heavy atom. The largest absolute Gasteiger partial charge is 0.371 e. The first-order chi connectivity index (χ1) is 10.6. The minimum absolute atomic E-state index is 0.167. The number of rotatable bonds is 6. The van der Waals surface area contributed by atoms with Gasteiger partial charge in [-0.1, -0.05) is 48.5 Å². The van der Waals surface area contributed by atoms with Crippen LogP contribution in [0.3, 0.4) is 0 Å². The van der Waals surface area contributed by atoms with Crippen LogP contribution in [0.2, 0.25) is 0 Å². The van der Waals surface area contributed by atoms with Crippen molar-refractivity contribution in [3.63, 3.8) is 0 Å². The Morgan fingerprint density at radius 1 is 0.708 bits per heavy atom. The maximum atomic E-state index is 3.86. The van der Waals surface area contributed by atoms with Crippen LogP contribution in [-0.2, 0) is 0 Å². The van der Waals surface area contributed by atoms with Crippen molar-refractivity contribution < 1.29 is 0 Å². The summed E-state index contributed by atoms with van der Waals surface area (Å²) in [5.41, 5.74) is 0.994. The molecule has 0 aliphatic carbocycles. The third-order valence-electron chi connectivity index (χ3n) is 4.63. The molecule has 0 amide bonds. The molecule has 142 valence electrons. The summed E-state index contributed by atoms with van der Waals surface area (Å²) in [7, 11) is -1.43. The van der Waals surface area contributed by atoms with Gasteiger partial charge in [0.1, 0.15) is 0 Å². The molecule has 0 aromatic carbocycles. The van der Waals surface area contributed by atoms with E-state index in [1.54, 1.807) is 0 Å². The molecular weight excluding hydrogens is 310 g/mol. The van der Waals surface area contributed by atoms with Crippen LogP contribution in [0.1, 0.15) is 89.0 Å². The molecule has 0 spiro atoms. The maximum Gasteiger partial charge on any atom is 0.330 e. The van der Waals surface area contributed by atoms with Crippen LogP contribution in [0.4, 0.5) is 0 Å². The third kappa shape index (κ3) is 5.80. The fraction of sp³-hybridized carbons (Fsp3) is 0.900. The van der Waals surface area contributed by atoms with Gasteiger partial charge < -0.3 is 14.1 Å². The van der Waals surface area contributed by atoms with Gasteiger partial charge in [-0.15, -0.1) is 0 Å². The molecule has 24 heavy (non-hydrogen) atoms. The minimum atomic E-state index is -1.43. The highest BCUT2D eigenvalue weighted by Gasteiger charge is 2.44. The number of nitrogens with one attached hydrogen (secondary N) is 1. The van der Waals surface area contributed by atoms with Gasteiger partial charge in [-0.3, -0.25) is 0 Å². The molecule has 1 aliphatic heterocycles. The van der Waals surface area contributed by atoms with Crippen LogP contribution in [0, 0.1) is 10.8 Å². The predicted octanol–water partition coefficient (Wildman–Crippen LogP) is 4.83. The smallest absolute Gasteiger partial charge is 0.330 e. The second-order valence-electron chi connectivity index (χ2n) is 11.1. The van der Waals surface area contributed by atoms with Gasteiger partial charge >= 0.3 is 9.28 Å². The molecule has 3 nitrogen and oxygen atoms in total. The van der Waals surface area contributed by atoms with Crippen molar-refractivity contribution in [2.24, 2.45) is 10.8 Å². The highest BCUT2D eigenvalue weighted by molar-refractivity contribution is 6.51. The van der Waals surface area contributed by atoms with E-state index in [0.29, 0.717) is 10.8 Å². The summed E-state index contributed by atoms with van der Waals surface area (Å²) in [5, 5.41) is 0. The molecule has 0 radical (unpaired) electrons. The molecule has 1 heterocycles. The molecule has 1 aliphatic rings. The minimum Gasteiger partial charge on any atom is -0.371 e. The van der Waals surface area contributed by atoms with Crippen LogP contribution in [0.15, 0.2) is 12.4 Å². The second kappa shape index (κ2) is 7.03. The monoisotopic (exact) mass is 353 g/mol. The first-order valence-electron chi connectivity index (χ1n) is 9.58. The van der Waals surface area contributed by atoms with Crippen molar-refractivity contribution in [2.45, 2.75) is 100 Å².